The summed E-state index contributed by atoms with van der Waals surface area (Å²) in [5.41, 5.74) is 0.132. The van der Waals surface area contributed by atoms with E-state index in [1.807, 2.05) is 13.8 Å². The molecule has 1 rings (SSSR count). The van der Waals surface area contributed by atoms with Crippen molar-refractivity contribution in [3.63, 3.8) is 0 Å². The van der Waals surface area contributed by atoms with Gasteiger partial charge in [0.05, 0.1) is 5.60 Å². The smallest absolute Gasteiger partial charge is 0.250 e. The van der Waals surface area contributed by atoms with E-state index in [2.05, 4.69) is 54.6 Å². The third kappa shape index (κ3) is 5.83. The van der Waals surface area contributed by atoms with Crippen LogP contribution in [0, 0.1) is 5.82 Å². The number of benzene rings is 1. The molecule has 0 aliphatic carbocycles. The predicted molar refractivity (Wildman–Crippen MR) is 108 cm³/mol. The van der Waals surface area contributed by atoms with Crippen LogP contribution in [0.5, 0.6) is 11.5 Å². The Morgan fingerprint density at radius 3 is 1.96 bits per heavy atom. The standard InChI is InChI=1S/C19H35FO3Si2/c1-17(2,3)24-23-19(7,8)13-11-14(21)16(20)15(12-13)22-25(9,10)18(4,5)6/h11-12,21H,24H2,1-10H3. The molecule has 0 aromatic heterocycles. The molecule has 1 aromatic rings. The maximum absolute atomic E-state index is 14.5. The van der Waals surface area contributed by atoms with Crippen molar-refractivity contribution in [3.8, 4) is 11.5 Å². The van der Waals surface area contributed by atoms with Crippen molar-refractivity contribution in [1.29, 1.82) is 0 Å². The molecular formula is C19H35FO3Si2. The number of phenols is 1. The van der Waals surface area contributed by atoms with Crippen LogP contribution in [0.3, 0.4) is 0 Å². The van der Waals surface area contributed by atoms with Crippen LogP contribution in [0.25, 0.3) is 0 Å². The lowest BCUT2D eigenvalue weighted by Crippen LogP contribution is -2.44. The van der Waals surface area contributed by atoms with Gasteiger partial charge in [0.25, 0.3) is 8.32 Å². The molecule has 1 aromatic carbocycles. The van der Waals surface area contributed by atoms with Crippen molar-refractivity contribution in [3.05, 3.63) is 23.5 Å². The number of hydrogen-bond acceptors (Lipinski definition) is 3. The molecule has 6 heteroatoms. The third-order valence-corrected chi connectivity index (χ3v) is 10.8. The van der Waals surface area contributed by atoms with Gasteiger partial charge < -0.3 is 14.0 Å². The predicted octanol–water partition coefficient (Wildman–Crippen LogP) is 5.47. The summed E-state index contributed by atoms with van der Waals surface area (Å²) in [5, 5.41) is 10.2. The van der Waals surface area contributed by atoms with E-state index in [1.165, 1.54) is 6.07 Å². The van der Waals surface area contributed by atoms with E-state index in [0.717, 1.165) is 5.56 Å². The van der Waals surface area contributed by atoms with Crippen molar-refractivity contribution in [1.82, 2.24) is 0 Å². The molecule has 3 nitrogen and oxygen atoms in total. The Bertz CT molecular complexity index is 614. The molecule has 0 amide bonds. The van der Waals surface area contributed by atoms with Gasteiger partial charge in [0.15, 0.2) is 15.5 Å². The molecule has 0 unspecified atom stereocenters. The van der Waals surface area contributed by atoms with Crippen molar-refractivity contribution in [2.45, 2.75) is 84.2 Å². The number of hydrogen-bond donors (Lipinski definition) is 1. The number of phenolic OH excluding ortho intramolecular Hbond substituents is 1. The van der Waals surface area contributed by atoms with E-state index in [9.17, 15) is 9.50 Å². The van der Waals surface area contributed by atoms with E-state index in [-0.39, 0.29) is 21.6 Å². The zero-order valence-corrected chi connectivity index (χ0v) is 19.9. The molecule has 0 aliphatic rings. The lowest BCUT2D eigenvalue weighted by Gasteiger charge is -2.37. The minimum Gasteiger partial charge on any atom is -0.541 e. The Kier molecular flexibility index (Phi) is 6.25. The van der Waals surface area contributed by atoms with Crippen molar-refractivity contribution in [2.24, 2.45) is 0 Å². The summed E-state index contributed by atoms with van der Waals surface area (Å²) in [6.07, 6.45) is 0. The Morgan fingerprint density at radius 2 is 1.52 bits per heavy atom. The van der Waals surface area contributed by atoms with Gasteiger partial charge >= 0.3 is 0 Å². The maximum Gasteiger partial charge on any atom is 0.250 e. The number of aromatic hydroxyl groups is 1. The molecule has 0 saturated heterocycles. The highest BCUT2D eigenvalue weighted by atomic mass is 28.4. The van der Waals surface area contributed by atoms with Crippen LogP contribution in [0.4, 0.5) is 4.39 Å². The summed E-state index contributed by atoms with van der Waals surface area (Å²) < 4.78 is 26.8. The first-order valence-corrected chi connectivity index (χ1v) is 13.0. The zero-order chi connectivity index (χ0) is 19.8. The zero-order valence-electron chi connectivity index (χ0n) is 17.5. The number of halogens is 1. The molecule has 0 saturated carbocycles. The molecule has 1 N–H and O–H groups in total. The van der Waals surface area contributed by atoms with Gasteiger partial charge in [-0.15, -0.1) is 0 Å². The summed E-state index contributed by atoms with van der Waals surface area (Å²) in [6.45, 7) is 20.8. The van der Waals surface area contributed by atoms with E-state index in [1.54, 1.807) is 6.07 Å². The van der Waals surface area contributed by atoms with Gasteiger partial charge in [0.1, 0.15) is 5.75 Å². The monoisotopic (exact) mass is 386 g/mol. The van der Waals surface area contributed by atoms with Gasteiger partial charge in [-0.1, -0.05) is 41.5 Å². The second-order valence-electron chi connectivity index (χ2n) is 10.0. The fourth-order valence-electron chi connectivity index (χ4n) is 1.91. The summed E-state index contributed by atoms with van der Waals surface area (Å²) in [5.74, 6) is -0.964. The molecule has 0 atom stereocenters. The third-order valence-electron chi connectivity index (χ3n) is 4.75. The fraction of sp³-hybridized carbons (Fsp3) is 0.684. The average Bonchev–Trinajstić information content (AvgIpc) is 2.39. The molecule has 25 heavy (non-hydrogen) atoms. The average molecular weight is 387 g/mol. The Balaban J connectivity index is 3.23. The van der Waals surface area contributed by atoms with Crippen LogP contribution in [0.2, 0.25) is 23.2 Å². The highest BCUT2D eigenvalue weighted by Gasteiger charge is 2.40. The molecule has 0 radical (unpaired) electrons. The van der Waals surface area contributed by atoms with Gasteiger partial charge in [-0.25, -0.2) is 0 Å². The lowest BCUT2D eigenvalue weighted by molar-refractivity contribution is 0.109. The van der Waals surface area contributed by atoms with Crippen LogP contribution in [-0.4, -0.2) is 23.2 Å². The van der Waals surface area contributed by atoms with Crippen LogP contribution < -0.4 is 4.43 Å². The van der Waals surface area contributed by atoms with Crippen molar-refractivity contribution >= 4 is 18.1 Å². The first kappa shape index (κ1) is 22.2. The van der Waals surface area contributed by atoms with Gasteiger partial charge in [-0.2, -0.15) is 4.39 Å². The second kappa shape index (κ2) is 7.04. The molecular weight excluding hydrogens is 351 g/mol. The Morgan fingerprint density at radius 1 is 1.00 bits per heavy atom. The van der Waals surface area contributed by atoms with Gasteiger partial charge in [-0.3, -0.25) is 0 Å². The maximum atomic E-state index is 14.5. The first-order chi connectivity index (χ1) is 11.0. The van der Waals surface area contributed by atoms with Crippen molar-refractivity contribution in [2.75, 3.05) is 0 Å². The Labute approximate surface area is 156 Å². The molecule has 0 spiro atoms. The SMILES string of the molecule is CC(C)(C)[SiH2]OC(C)(C)c1cc(O)c(F)c(O[Si](C)(C)C(C)(C)C)c1. The molecule has 0 fully saturated rings. The summed E-state index contributed by atoms with van der Waals surface area (Å²) in [4.78, 5) is 0. The highest BCUT2D eigenvalue weighted by Crippen LogP contribution is 2.41. The lowest BCUT2D eigenvalue weighted by atomic mass is 9.98. The minimum absolute atomic E-state index is 0.0593. The summed E-state index contributed by atoms with van der Waals surface area (Å²) in [7, 11) is -3.01. The summed E-state index contributed by atoms with van der Waals surface area (Å²) in [6, 6.07) is 3.14. The fourth-order valence-corrected chi connectivity index (χ4v) is 3.88. The van der Waals surface area contributed by atoms with Crippen LogP contribution >= 0.6 is 0 Å². The Hall–Kier alpha value is -0.856. The van der Waals surface area contributed by atoms with E-state index in [0.29, 0.717) is 0 Å². The molecule has 0 heterocycles. The molecule has 0 aliphatic heterocycles. The van der Waals surface area contributed by atoms with Crippen LogP contribution in [0.1, 0.15) is 61.0 Å². The van der Waals surface area contributed by atoms with Crippen LogP contribution in [0.15, 0.2) is 12.1 Å². The number of rotatable bonds is 5. The topological polar surface area (TPSA) is 38.7 Å². The van der Waals surface area contributed by atoms with Gasteiger partial charge in [0, 0.05) is 0 Å². The van der Waals surface area contributed by atoms with Gasteiger partial charge in [0.2, 0.25) is 5.82 Å². The largest absolute Gasteiger partial charge is 0.541 e. The minimum atomic E-state index is -2.21. The second-order valence-corrected chi connectivity index (χ2v) is 17.5. The summed E-state index contributed by atoms with van der Waals surface area (Å²) >= 11 is 0. The van der Waals surface area contributed by atoms with Crippen molar-refractivity contribution < 1.29 is 18.3 Å². The van der Waals surface area contributed by atoms with Gasteiger partial charge in [-0.05, 0) is 54.7 Å². The molecule has 0 bridgehead atoms. The highest BCUT2D eigenvalue weighted by molar-refractivity contribution is 6.74. The van der Waals surface area contributed by atoms with E-state index >= 15 is 0 Å². The van der Waals surface area contributed by atoms with E-state index < -0.39 is 29.5 Å². The van der Waals surface area contributed by atoms with Crippen LogP contribution in [-0.2, 0) is 10.0 Å². The quantitative estimate of drug-likeness (QED) is 0.682. The first-order valence-electron chi connectivity index (χ1n) is 8.82. The molecule has 144 valence electrons. The normalized spacial score (nSPS) is 14.4. The van der Waals surface area contributed by atoms with E-state index in [4.69, 9.17) is 8.85 Å².